The fraction of sp³-hybridized carbons (Fsp3) is 0.294. The van der Waals surface area contributed by atoms with Gasteiger partial charge < -0.3 is 15.2 Å². The zero-order valence-electron chi connectivity index (χ0n) is 12.0. The van der Waals surface area contributed by atoms with Gasteiger partial charge in [0.1, 0.15) is 18.5 Å². The lowest BCUT2D eigenvalue weighted by Crippen LogP contribution is -2.26. The van der Waals surface area contributed by atoms with Gasteiger partial charge in [-0.1, -0.05) is 35.4 Å². The third-order valence-corrected chi connectivity index (χ3v) is 3.06. The highest BCUT2D eigenvalue weighted by Crippen LogP contribution is 2.12. The van der Waals surface area contributed by atoms with Gasteiger partial charge in [-0.15, -0.1) is 0 Å². The molecule has 1 unspecified atom stereocenters. The Kier molecular flexibility index (Phi) is 5.02. The van der Waals surface area contributed by atoms with Crippen LogP contribution in [0.5, 0.6) is 5.75 Å². The molecule has 2 N–H and O–H groups in total. The quantitative estimate of drug-likeness (QED) is 0.848. The third-order valence-electron chi connectivity index (χ3n) is 3.06. The molecule has 106 valence electrons. The van der Waals surface area contributed by atoms with Gasteiger partial charge in [0.25, 0.3) is 0 Å². The second-order valence-electron chi connectivity index (χ2n) is 5.02. The van der Waals surface area contributed by atoms with Gasteiger partial charge in [-0.3, -0.25) is 0 Å². The topological polar surface area (TPSA) is 41.5 Å². The van der Waals surface area contributed by atoms with Crippen LogP contribution in [-0.4, -0.2) is 24.4 Å². The molecule has 0 fully saturated rings. The molecule has 0 aliphatic carbocycles. The number of rotatable bonds is 6. The summed E-state index contributed by atoms with van der Waals surface area (Å²) in [5.74, 6) is 0.782. The number of nitrogens with one attached hydrogen (secondary N) is 1. The lowest BCUT2D eigenvalue weighted by molar-refractivity contribution is 0.117. The standard InChI is InChI=1S/C17H21NO2/c1-13-3-7-15(8-4-13)18-11-16(19)12-20-17-9-5-14(2)6-10-17/h3-10,16,18-19H,11-12H2,1-2H3. The number of benzene rings is 2. The van der Waals surface area contributed by atoms with Crippen molar-refractivity contribution in [3.8, 4) is 5.75 Å². The van der Waals surface area contributed by atoms with Crippen molar-refractivity contribution in [3.05, 3.63) is 59.7 Å². The fourth-order valence-corrected chi connectivity index (χ4v) is 1.79. The lowest BCUT2D eigenvalue weighted by Gasteiger charge is -2.14. The second-order valence-corrected chi connectivity index (χ2v) is 5.02. The molecule has 0 radical (unpaired) electrons. The molecular formula is C17H21NO2. The molecule has 2 rings (SSSR count). The molecule has 0 aliphatic heterocycles. The average Bonchev–Trinajstić information content (AvgIpc) is 2.46. The summed E-state index contributed by atoms with van der Waals surface area (Å²) in [5, 5.41) is 13.1. The van der Waals surface area contributed by atoms with E-state index in [0.717, 1.165) is 11.4 Å². The Hall–Kier alpha value is -2.00. The number of hydrogen-bond acceptors (Lipinski definition) is 3. The minimum Gasteiger partial charge on any atom is -0.491 e. The van der Waals surface area contributed by atoms with Crippen LogP contribution in [0.15, 0.2) is 48.5 Å². The van der Waals surface area contributed by atoms with Crippen molar-refractivity contribution < 1.29 is 9.84 Å². The molecule has 0 bridgehead atoms. The van der Waals surface area contributed by atoms with Crippen molar-refractivity contribution in [2.75, 3.05) is 18.5 Å². The molecule has 2 aromatic carbocycles. The Morgan fingerprint density at radius 1 is 0.950 bits per heavy atom. The summed E-state index contributed by atoms with van der Waals surface area (Å²) < 4.78 is 5.54. The average molecular weight is 271 g/mol. The molecule has 2 aromatic rings. The Morgan fingerprint density at radius 3 is 2.10 bits per heavy atom. The predicted octanol–water partition coefficient (Wildman–Crippen LogP) is 3.16. The van der Waals surface area contributed by atoms with Crippen LogP contribution in [0.4, 0.5) is 5.69 Å². The SMILES string of the molecule is Cc1ccc(NCC(O)COc2ccc(C)cc2)cc1. The Bertz CT molecular complexity index is 470. The van der Waals surface area contributed by atoms with Crippen LogP contribution in [0.25, 0.3) is 0 Å². The molecule has 3 heteroatoms. The molecule has 0 aromatic heterocycles. The van der Waals surface area contributed by atoms with Gasteiger partial charge in [0, 0.05) is 12.2 Å². The van der Waals surface area contributed by atoms with Crippen LogP contribution >= 0.6 is 0 Å². The number of anilines is 1. The summed E-state index contributed by atoms with van der Waals surface area (Å²) in [5.41, 5.74) is 3.42. The van der Waals surface area contributed by atoms with E-state index in [2.05, 4.69) is 5.32 Å². The summed E-state index contributed by atoms with van der Waals surface area (Å²) >= 11 is 0. The first kappa shape index (κ1) is 14.4. The number of aliphatic hydroxyl groups excluding tert-OH is 1. The summed E-state index contributed by atoms with van der Waals surface area (Å²) in [7, 11) is 0. The molecule has 0 amide bonds. The monoisotopic (exact) mass is 271 g/mol. The van der Waals surface area contributed by atoms with Gasteiger partial charge in [-0.05, 0) is 38.1 Å². The Morgan fingerprint density at radius 2 is 1.50 bits per heavy atom. The maximum atomic E-state index is 9.89. The van der Waals surface area contributed by atoms with Crippen LogP contribution < -0.4 is 10.1 Å². The normalized spacial score (nSPS) is 11.9. The fourth-order valence-electron chi connectivity index (χ4n) is 1.79. The molecular weight excluding hydrogens is 250 g/mol. The van der Waals surface area contributed by atoms with Gasteiger partial charge in [0.15, 0.2) is 0 Å². The van der Waals surface area contributed by atoms with Crippen molar-refractivity contribution >= 4 is 5.69 Å². The van der Waals surface area contributed by atoms with Crippen molar-refractivity contribution in [1.82, 2.24) is 0 Å². The zero-order chi connectivity index (χ0) is 14.4. The summed E-state index contributed by atoms with van der Waals surface area (Å²) in [4.78, 5) is 0. The highest BCUT2D eigenvalue weighted by Gasteiger charge is 2.05. The van der Waals surface area contributed by atoms with Crippen molar-refractivity contribution in [2.24, 2.45) is 0 Å². The highest BCUT2D eigenvalue weighted by atomic mass is 16.5. The maximum absolute atomic E-state index is 9.89. The molecule has 0 saturated carbocycles. The van der Waals surface area contributed by atoms with Gasteiger partial charge >= 0.3 is 0 Å². The molecule has 0 aliphatic rings. The van der Waals surface area contributed by atoms with Crippen molar-refractivity contribution in [1.29, 1.82) is 0 Å². The van der Waals surface area contributed by atoms with E-state index < -0.39 is 6.10 Å². The first-order chi connectivity index (χ1) is 9.63. The molecule has 1 atom stereocenters. The highest BCUT2D eigenvalue weighted by molar-refractivity contribution is 5.44. The Balaban J connectivity index is 1.73. The van der Waals surface area contributed by atoms with E-state index in [1.807, 2.05) is 62.4 Å². The van der Waals surface area contributed by atoms with Gasteiger partial charge in [-0.25, -0.2) is 0 Å². The van der Waals surface area contributed by atoms with Crippen LogP contribution in [-0.2, 0) is 0 Å². The molecule has 0 spiro atoms. The van der Waals surface area contributed by atoms with Crippen LogP contribution in [0.3, 0.4) is 0 Å². The maximum Gasteiger partial charge on any atom is 0.119 e. The van der Waals surface area contributed by atoms with Crippen LogP contribution in [0, 0.1) is 13.8 Å². The van der Waals surface area contributed by atoms with Gasteiger partial charge in [-0.2, -0.15) is 0 Å². The summed E-state index contributed by atoms with van der Waals surface area (Å²) in [6, 6.07) is 15.9. The summed E-state index contributed by atoms with van der Waals surface area (Å²) in [6.07, 6.45) is -0.544. The smallest absolute Gasteiger partial charge is 0.119 e. The third kappa shape index (κ3) is 4.59. The number of aryl methyl sites for hydroxylation is 2. The number of aliphatic hydroxyl groups is 1. The van der Waals surface area contributed by atoms with Crippen LogP contribution in [0.1, 0.15) is 11.1 Å². The van der Waals surface area contributed by atoms with Crippen molar-refractivity contribution in [3.63, 3.8) is 0 Å². The molecule has 3 nitrogen and oxygen atoms in total. The molecule has 0 saturated heterocycles. The van der Waals surface area contributed by atoms with Crippen LogP contribution in [0.2, 0.25) is 0 Å². The zero-order valence-corrected chi connectivity index (χ0v) is 12.0. The molecule has 20 heavy (non-hydrogen) atoms. The van der Waals surface area contributed by atoms with Gasteiger partial charge in [0.05, 0.1) is 0 Å². The van der Waals surface area contributed by atoms with E-state index in [1.54, 1.807) is 0 Å². The first-order valence-electron chi connectivity index (χ1n) is 6.81. The number of hydrogen-bond donors (Lipinski definition) is 2. The first-order valence-corrected chi connectivity index (χ1v) is 6.81. The minimum atomic E-state index is -0.544. The number of ether oxygens (including phenoxy) is 1. The lowest BCUT2D eigenvalue weighted by atomic mass is 10.2. The molecule has 0 heterocycles. The van der Waals surface area contributed by atoms with E-state index in [0.29, 0.717) is 6.54 Å². The second kappa shape index (κ2) is 6.96. The minimum absolute atomic E-state index is 0.280. The van der Waals surface area contributed by atoms with E-state index in [-0.39, 0.29) is 6.61 Å². The van der Waals surface area contributed by atoms with E-state index >= 15 is 0 Å². The summed E-state index contributed by atoms with van der Waals surface area (Å²) in [6.45, 7) is 4.83. The Labute approximate surface area is 120 Å². The van der Waals surface area contributed by atoms with Crippen molar-refractivity contribution in [2.45, 2.75) is 20.0 Å². The largest absolute Gasteiger partial charge is 0.491 e. The van der Waals surface area contributed by atoms with E-state index in [4.69, 9.17) is 4.74 Å². The van der Waals surface area contributed by atoms with E-state index in [9.17, 15) is 5.11 Å². The van der Waals surface area contributed by atoms with Gasteiger partial charge in [0.2, 0.25) is 0 Å². The predicted molar refractivity (Wildman–Crippen MR) is 82.3 cm³/mol. The van der Waals surface area contributed by atoms with E-state index in [1.165, 1.54) is 11.1 Å².